The van der Waals surface area contributed by atoms with Crippen LogP contribution in [-0.2, 0) is 4.79 Å². The van der Waals surface area contributed by atoms with Crippen LogP contribution in [-0.4, -0.2) is 45.3 Å². The van der Waals surface area contributed by atoms with E-state index in [0.29, 0.717) is 12.0 Å². The highest BCUT2D eigenvalue weighted by molar-refractivity contribution is 5.77. The minimum atomic E-state index is 0.0566. The van der Waals surface area contributed by atoms with Gasteiger partial charge in [0.15, 0.2) is 6.61 Å². The molecule has 2 aromatic rings. The number of piperidine rings is 1. The molecule has 134 valence electrons. The van der Waals surface area contributed by atoms with Crippen molar-refractivity contribution in [3.63, 3.8) is 0 Å². The largest absolute Gasteiger partial charge is 0.483 e. The lowest BCUT2D eigenvalue weighted by Gasteiger charge is -2.32. The van der Waals surface area contributed by atoms with Gasteiger partial charge in [0, 0.05) is 19.1 Å². The number of para-hydroxylation sites is 1. The summed E-state index contributed by atoms with van der Waals surface area (Å²) in [6.45, 7) is 5.94. The zero-order valence-corrected chi connectivity index (χ0v) is 15.0. The molecular weight excluding hydrogens is 316 g/mol. The Bertz CT molecular complexity index is 678. The lowest BCUT2D eigenvalue weighted by molar-refractivity contribution is -0.134. The van der Waals surface area contributed by atoms with Gasteiger partial charge in [0.1, 0.15) is 18.4 Å². The van der Waals surface area contributed by atoms with Gasteiger partial charge in [-0.25, -0.2) is 0 Å². The SMILES string of the molecule is CC[C@H](C)c1ccccc1OCC(=O)N1CCC(n2cnnc2)CC1. The maximum Gasteiger partial charge on any atom is 0.260 e. The molecule has 25 heavy (non-hydrogen) atoms. The lowest BCUT2D eigenvalue weighted by atomic mass is 9.98. The van der Waals surface area contributed by atoms with Crippen LogP contribution in [0, 0.1) is 0 Å². The van der Waals surface area contributed by atoms with Crippen LogP contribution in [0.4, 0.5) is 0 Å². The molecular formula is C19H26N4O2. The van der Waals surface area contributed by atoms with Gasteiger partial charge in [-0.05, 0) is 36.8 Å². The van der Waals surface area contributed by atoms with E-state index in [2.05, 4.69) is 30.1 Å². The smallest absolute Gasteiger partial charge is 0.260 e. The van der Waals surface area contributed by atoms with E-state index < -0.39 is 0 Å². The number of ether oxygens (including phenoxy) is 1. The molecule has 1 aromatic heterocycles. The topological polar surface area (TPSA) is 60.2 Å². The first-order valence-corrected chi connectivity index (χ1v) is 9.02. The number of amides is 1. The average molecular weight is 342 g/mol. The van der Waals surface area contributed by atoms with Gasteiger partial charge in [0.05, 0.1) is 0 Å². The van der Waals surface area contributed by atoms with E-state index in [4.69, 9.17) is 4.74 Å². The fourth-order valence-electron chi connectivity index (χ4n) is 3.28. The van der Waals surface area contributed by atoms with Crippen LogP contribution in [0.2, 0.25) is 0 Å². The van der Waals surface area contributed by atoms with E-state index in [9.17, 15) is 4.79 Å². The fourth-order valence-corrected chi connectivity index (χ4v) is 3.28. The molecule has 0 N–H and O–H groups in total. The van der Waals surface area contributed by atoms with E-state index in [-0.39, 0.29) is 12.5 Å². The minimum Gasteiger partial charge on any atom is -0.483 e. The molecule has 1 aliphatic rings. The van der Waals surface area contributed by atoms with Crippen molar-refractivity contribution in [2.45, 2.75) is 45.1 Å². The van der Waals surface area contributed by atoms with Gasteiger partial charge in [0.2, 0.25) is 0 Å². The second-order valence-corrected chi connectivity index (χ2v) is 6.66. The number of carbonyl (C=O) groups is 1. The summed E-state index contributed by atoms with van der Waals surface area (Å²) < 4.78 is 7.89. The molecule has 0 spiro atoms. The van der Waals surface area contributed by atoms with E-state index >= 15 is 0 Å². The summed E-state index contributed by atoms with van der Waals surface area (Å²) in [7, 11) is 0. The second kappa shape index (κ2) is 8.14. The van der Waals surface area contributed by atoms with Gasteiger partial charge in [-0.3, -0.25) is 4.79 Å². The summed E-state index contributed by atoms with van der Waals surface area (Å²) in [6, 6.07) is 8.39. The molecule has 0 saturated carbocycles. The van der Waals surface area contributed by atoms with E-state index in [1.807, 2.05) is 27.7 Å². The Kier molecular flexibility index (Phi) is 5.68. The molecule has 1 amide bonds. The molecule has 1 fully saturated rings. The molecule has 1 aromatic carbocycles. The zero-order valence-electron chi connectivity index (χ0n) is 15.0. The standard InChI is InChI=1S/C19H26N4O2/c1-3-15(2)17-6-4-5-7-18(17)25-12-19(24)22-10-8-16(9-11-22)23-13-20-21-14-23/h4-7,13-16H,3,8-12H2,1-2H3/t15-/m0/s1. The lowest BCUT2D eigenvalue weighted by Crippen LogP contribution is -2.41. The number of hydrogen-bond acceptors (Lipinski definition) is 4. The van der Waals surface area contributed by atoms with Crippen LogP contribution in [0.1, 0.15) is 50.6 Å². The first-order valence-electron chi connectivity index (χ1n) is 9.02. The average Bonchev–Trinajstić information content (AvgIpc) is 3.20. The summed E-state index contributed by atoms with van der Waals surface area (Å²) in [5.41, 5.74) is 1.17. The zero-order chi connectivity index (χ0) is 17.6. The highest BCUT2D eigenvalue weighted by Crippen LogP contribution is 2.28. The summed E-state index contributed by atoms with van der Waals surface area (Å²) >= 11 is 0. The number of aromatic nitrogens is 3. The van der Waals surface area contributed by atoms with Crippen LogP contribution in [0.15, 0.2) is 36.9 Å². The number of nitrogens with zero attached hydrogens (tertiary/aromatic N) is 4. The van der Waals surface area contributed by atoms with E-state index in [1.165, 1.54) is 5.56 Å². The molecule has 3 rings (SSSR count). The third-order valence-electron chi connectivity index (χ3n) is 5.09. The number of rotatable bonds is 6. The molecule has 0 bridgehead atoms. The Morgan fingerprint density at radius 3 is 2.60 bits per heavy atom. The number of benzene rings is 1. The van der Waals surface area contributed by atoms with Gasteiger partial charge < -0.3 is 14.2 Å². The summed E-state index contributed by atoms with van der Waals surface area (Å²) in [6.07, 6.45) is 6.39. The van der Waals surface area contributed by atoms with Gasteiger partial charge in [-0.2, -0.15) is 0 Å². The molecule has 6 heteroatoms. The third kappa shape index (κ3) is 4.18. The van der Waals surface area contributed by atoms with Gasteiger partial charge in [-0.1, -0.05) is 32.0 Å². The van der Waals surface area contributed by atoms with Crippen LogP contribution >= 0.6 is 0 Å². The van der Waals surface area contributed by atoms with Crippen LogP contribution in [0.3, 0.4) is 0 Å². The Hall–Kier alpha value is -2.37. The molecule has 1 saturated heterocycles. The van der Waals surface area contributed by atoms with E-state index in [0.717, 1.165) is 38.1 Å². The van der Waals surface area contributed by atoms with Crippen LogP contribution in [0.25, 0.3) is 0 Å². The maximum absolute atomic E-state index is 12.5. The first kappa shape index (κ1) is 17.5. The minimum absolute atomic E-state index is 0.0566. The van der Waals surface area contributed by atoms with Crippen molar-refractivity contribution in [1.29, 1.82) is 0 Å². The number of carbonyl (C=O) groups excluding carboxylic acids is 1. The molecule has 1 aliphatic heterocycles. The van der Waals surface area contributed by atoms with Crippen molar-refractivity contribution >= 4 is 5.91 Å². The van der Waals surface area contributed by atoms with Crippen LogP contribution < -0.4 is 4.74 Å². The highest BCUT2D eigenvalue weighted by atomic mass is 16.5. The number of likely N-dealkylation sites (tertiary alicyclic amines) is 1. The predicted molar refractivity (Wildman–Crippen MR) is 95.5 cm³/mol. The normalized spacial score (nSPS) is 16.6. The van der Waals surface area contributed by atoms with Crippen LogP contribution in [0.5, 0.6) is 5.75 Å². The molecule has 0 unspecified atom stereocenters. The van der Waals surface area contributed by atoms with Crippen molar-refractivity contribution in [2.24, 2.45) is 0 Å². The van der Waals surface area contributed by atoms with E-state index in [1.54, 1.807) is 12.7 Å². The summed E-state index contributed by atoms with van der Waals surface area (Å²) in [4.78, 5) is 14.4. The van der Waals surface area contributed by atoms with Crippen molar-refractivity contribution < 1.29 is 9.53 Å². The predicted octanol–water partition coefficient (Wildman–Crippen LogP) is 3.03. The maximum atomic E-state index is 12.5. The fraction of sp³-hybridized carbons (Fsp3) is 0.526. The highest BCUT2D eigenvalue weighted by Gasteiger charge is 2.24. The molecule has 1 atom stereocenters. The second-order valence-electron chi connectivity index (χ2n) is 6.66. The summed E-state index contributed by atoms with van der Waals surface area (Å²) in [5.74, 6) is 1.30. The molecule has 2 heterocycles. The Labute approximate surface area is 148 Å². The molecule has 0 radical (unpaired) electrons. The Morgan fingerprint density at radius 1 is 1.24 bits per heavy atom. The van der Waals surface area contributed by atoms with Crippen molar-refractivity contribution in [3.8, 4) is 5.75 Å². The first-order chi connectivity index (χ1) is 12.2. The molecule has 6 nitrogen and oxygen atoms in total. The summed E-state index contributed by atoms with van der Waals surface area (Å²) in [5, 5.41) is 7.71. The van der Waals surface area contributed by atoms with Gasteiger partial charge >= 0.3 is 0 Å². The third-order valence-corrected chi connectivity index (χ3v) is 5.09. The van der Waals surface area contributed by atoms with Crippen molar-refractivity contribution in [1.82, 2.24) is 19.7 Å². The van der Waals surface area contributed by atoms with Crippen molar-refractivity contribution in [2.75, 3.05) is 19.7 Å². The Morgan fingerprint density at radius 2 is 1.92 bits per heavy atom. The quantitative estimate of drug-likeness (QED) is 0.809. The molecule has 0 aliphatic carbocycles. The number of hydrogen-bond donors (Lipinski definition) is 0. The Balaban J connectivity index is 1.52. The van der Waals surface area contributed by atoms with Gasteiger partial charge in [-0.15, -0.1) is 10.2 Å². The van der Waals surface area contributed by atoms with Gasteiger partial charge in [0.25, 0.3) is 5.91 Å². The monoisotopic (exact) mass is 342 g/mol. The van der Waals surface area contributed by atoms with Crippen molar-refractivity contribution in [3.05, 3.63) is 42.5 Å².